The first kappa shape index (κ1) is 28.9. The predicted molar refractivity (Wildman–Crippen MR) is 161 cm³/mol. The summed E-state index contributed by atoms with van der Waals surface area (Å²) in [6.07, 6.45) is 4.25. The number of carbonyl (C=O) groups excluding carboxylic acids is 2. The summed E-state index contributed by atoms with van der Waals surface area (Å²) in [6.45, 7) is 0. The van der Waals surface area contributed by atoms with Crippen LogP contribution >= 0.6 is 11.6 Å². The molecule has 1 atom stereocenters. The Kier molecular flexibility index (Phi) is 8.98. The van der Waals surface area contributed by atoms with Crippen molar-refractivity contribution in [1.29, 1.82) is 0 Å². The van der Waals surface area contributed by atoms with E-state index < -0.39 is 23.6 Å². The summed E-state index contributed by atoms with van der Waals surface area (Å²) in [5, 5.41) is 24.1. The van der Waals surface area contributed by atoms with E-state index in [0.717, 1.165) is 5.56 Å². The third kappa shape index (κ3) is 7.37. The van der Waals surface area contributed by atoms with Crippen LogP contribution in [0.5, 0.6) is 0 Å². The lowest BCUT2D eigenvalue weighted by Crippen LogP contribution is -2.30. The number of hydrogen-bond donors (Lipinski definition) is 3. The first-order valence-corrected chi connectivity index (χ1v) is 13.4. The van der Waals surface area contributed by atoms with E-state index in [1.54, 1.807) is 54.6 Å². The molecule has 13 heteroatoms. The Hall–Kier alpha value is -5.62. The van der Waals surface area contributed by atoms with E-state index in [4.69, 9.17) is 11.6 Å². The molecule has 0 radical (unpaired) electrons. The highest BCUT2D eigenvalue weighted by molar-refractivity contribution is 6.30. The summed E-state index contributed by atoms with van der Waals surface area (Å²) in [5.41, 5.74) is 3.73. The molecule has 216 valence electrons. The third-order valence-electron chi connectivity index (χ3n) is 6.41. The normalized spacial score (nSPS) is 11.7. The van der Waals surface area contributed by atoms with Crippen molar-refractivity contribution in [3.63, 3.8) is 0 Å². The van der Waals surface area contributed by atoms with E-state index in [1.807, 2.05) is 30.3 Å². The number of aromatic nitrogens is 6. The number of aromatic amines is 1. The van der Waals surface area contributed by atoms with Gasteiger partial charge in [0, 0.05) is 22.3 Å². The molecule has 5 aromatic rings. The van der Waals surface area contributed by atoms with Gasteiger partial charge in [-0.1, -0.05) is 54.1 Å². The van der Waals surface area contributed by atoms with E-state index in [0.29, 0.717) is 45.2 Å². The zero-order valence-corrected chi connectivity index (χ0v) is 23.5. The molecule has 0 aliphatic carbocycles. The zero-order chi connectivity index (χ0) is 30.2. The minimum atomic E-state index is -0.604. The Morgan fingerprint density at radius 2 is 1.86 bits per heavy atom. The summed E-state index contributed by atoms with van der Waals surface area (Å²) in [4.78, 5) is 37.5. The van der Waals surface area contributed by atoms with Gasteiger partial charge in [-0.15, -0.1) is 5.10 Å². The standard InChI is InChI=1S/C30H25ClN8O4/c1-43-30(42)33-23-11-7-20(8-12-23)24-17-26(35-36-29(24)41)25(15-19-5-3-2-4-6-19)34-28(40)14-9-21-16-22(31)10-13-27(21)39-18-32-37-38-39/h2-14,16-18,25H,15H2,1H3,(H,33,42)(H,34,40)(H,36,41)/b14-9+/t25-/m0/s1. The first-order valence-electron chi connectivity index (χ1n) is 13.0. The van der Waals surface area contributed by atoms with E-state index in [-0.39, 0.29) is 0 Å². The van der Waals surface area contributed by atoms with E-state index in [2.05, 4.69) is 41.1 Å². The maximum Gasteiger partial charge on any atom is 0.411 e. The number of carbonyl (C=O) groups is 2. The van der Waals surface area contributed by atoms with Gasteiger partial charge in [-0.05, 0) is 70.4 Å². The minimum absolute atomic E-state index is 0.350. The Balaban J connectivity index is 1.42. The monoisotopic (exact) mass is 596 g/mol. The Morgan fingerprint density at radius 3 is 2.58 bits per heavy atom. The molecule has 0 unspecified atom stereocenters. The number of hydrogen-bond acceptors (Lipinski definition) is 8. The molecule has 0 spiro atoms. The van der Waals surface area contributed by atoms with Gasteiger partial charge in [0.25, 0.3) is 5.56 Å². The van der Waals surface area contributed by atoms with Crippen LogP contribution < -0.4 is 16.2 Å². The Bertz CT molecular complexity index is 1810. The number of amides is 2. The lowest BCUT2D eigenvalue weighted by molar-refractivity contribution is -0.117. The highest BCUT2D eigenvalue weighted by Crippen LogP contribution is 2.24. The van der Waals surface area contributed by atoms with Crippen molar-refractivity contribution in [3.8, 4) is 16.8 Å². The number of tetrazole rings is 1. The van der Waals surface area contributed by atoms with Crippen molar-refractivity contribution in [2.45, 2.75) is 12.5 Å². The summed E-state index contributed by atoms with van der Waals surface area (Å²) in [5.74, 6) is -0.392. The van der Waals surface area contributed by atoms with Crippen molar-refractivity contribution in [1.82, 2.24) is 35.7 Å². The smallest absolute Gasteiger partial charge is 0.411 e. The van der Waals surface area contributed by atoms with Gasteiger partial charge in [0.1, 0.15) is 6.33 Å². The Morgan fingerprint density at radius 1 is 1.07 bits per heavy atom. The fourth-order valence-corrected chi connectivity index (χ4v) is 4.50. The number of benzene rings is 3. The summed E-state index contributed by atoms with van der Waals surface area (Å²) < 4.78 is 6.08. The van der Waals surface area contributed by atoms with E-state index in [1.165, 1.54) is 24.2 Å². The molecule has 3 aromatic carbocycles. The number of halogens is 1. The molecular formula is C30H25ClN8O4. The van der Waals surface area contributed by atoms with Crippen LogP contribution in [0.4, 0.5) is 10.5 Å². The number of anilines is 1. The number of nitrogens with one attached hydrogen (secondary N) is 3. The van der Waals surface area contributed by atoms with Crippen LogP contribution in [-0.4, -0.2) is 49.5 Å². The molecule has 0 fully saturated rings. The maximum absolute atomic E-state index is 13.2. The van der Waals surface area contributed by atoms with Gasteiger partial charge in [-0.25, -0.2) is 9.89 Å². The fourth-order valence-electron chi connectivity index (χ4n) is 4.32. The second-order valence-corrected chi connectivity index (χ2v) is 9.71. The van der Waals surface area contributed by atoms with Crippen LogP contribution in [0.2, 0.25) is 5.02 Å². The SMILES string of the molecule is COC(=O)Nc1ccc(-c2cc([C@H](Cc3ccccc3)NC(=O)/C=C/c3cc(Cl)ccc3-n3cnnn3)n[nH]c2=O)cc1. The molecule has 0 aliphatic heterocycles. The average molecular weight is 597 g/mol. The number of ether oxygens (including phenoxy) is 1. The summed E-state index contributed by atoms with van der Waals surface area (Å²) in [7, 11) is 1.27. The van der Waals surface area contributed by atoms with Crippen LogP contribution in [0.15, 0.2) is 96.1 Å². The van der Waals surface area contributed by atoms with Crippen molar-refractivity contribution in [3.05, 3.63) is 123 Å². The van der Waals surface area contributed by atoms with Crippen molar-refractivity contribution in [2.24, 2.45) is 0 Å². The number of rotatable bonds is 9. The van der Waals surface area contributed by atoms with Crippen molar-refractivity contribution < 1.29 is 14.3 Å². The molecule has 0 bridgehead atoms. The van der Waals surface area contributed by atoms with Crippen molar-refractivity contribution >= 4 is 35.4 Å². The molecule has 0 saturated heterocycles. The molecule has 5 rings (SSSR count). The lowest BCUT2D eigenvalue weighted by Gasteiger charge is -2.18. The summed E-state index contributed by atoms with van der Waals surface area (Å²) in [6, 6.07) is 22.5. The minimum Gasteiger partial charge on any atom is -0.453 e. The molecule has 3 N–H and O–H groups in total. The maximum atomic E-state index is 13.2. The van der Waals surface area contributed by atoms with Gasteiger partial charge in [0.2, 0.25) is 5.91 Å². The van der Waals surface area contributed by atoms with E-state index >= 15 is 0 Å². The van der Waals surface area contributed by atoms with Crippen LogP contribution in [-0.2, 0) is 16.0 Å². The molecule has 2 heterocycles. The topological polar surface area (TPSA) is 157 Å². The van der Waals surface area contributed by atoms with E-state index in [9.17, 15) is 14.4 Å². The van der Waals surface area contributed by atoms with Crippen molar-refractivity contribution in [2.75, 3.05) is 12.4 Å². The molecule has 0 saturated carbocycles. The van der Waals surface area contributed by atoms with Gasteiger partial charge < -0.3 is 10.1 Å². The number of methoxy groups -OCH3 is 1. The van der Waals surface area contributed by atoms with Gasteiger partial charge in [-0.2, -0.15) is 9.78 Å². The van der Waals surface area contributed by atoms with Crippen LogP contribution in [0.25, 0.3) is 22.9 Å². The third-order valence-corrected chi connectivity index (χ3v) is 6.64. The molecule has 2 aromatic heterocycles. The first-order chi connectivity index (χ1) is 20.9. The van der Waals surface area contributed by atoms with Crippen LogP contribution in [0.1, 0.15) is 22.9 Å². The molecule has 2 amide bonds. The molecule has 12 nitrogen and oxygen atoms in total. The zero-order valence-electron chi connectivity index (χ0n) is 22.8. The number of H-pyrrole nitrogens is 1. The van der Waals surface area contributed by atoms with Gasteiger partial charge in [-0.3, -0.25) is 14.9 Å². The van der Waals surface area contributed by atoms with Crippen LogP contribution in [0, 0.1) is 0 Å². The fraction of sp³-hybridized carbons (Fsp3) is 0.100. The lowest BCUT2D eigenvalue weighted by atomic mass is 10.00. The van der Waals surface area contributed by atoms with Gasteiger partial charge >= 0.3 is 6.09 Å². The summed E-state index contributed by atoms with van der Waals surface area (Å²) >= 11 is 6.21. The van der Waals surface area contributed by atoms with Gasteiger partial charge in [0.15, 0.2) is 0 Å². The largest absolute Gasteiger partial charge is 0.453 e. The van der Waals surface area contributed by atoms with Gasteiger partial charge in [0.05, 0.1) is 30.1 Å². The predicted octanol–water partition coefficient (Wildman–Crippen LogP) is 4.36. The number of nitrogens with zero attached hydrogens (tertiary/aromatic N) is 5. The highest BCUT2D eigenvalue weighted by Gasteiger charge is 2.19. The quantitative estimate of drug-likeness (QED) is 0.212. The second kappa shape index (κ2) is 13.4. The molecular weight excluding hydrogens is 572 g/mol. The van der Waals surface area contributed by atoms with Crippen LogP contribution in [0.3, 0.4) is 0 Å². The molecule has 0 aliphatic rings. The highest BCUT2D eigenvalue weighted by atomic mass is 35.5. The second-order valence-electron chi connectivity index (χ2n) is 9.27. The molecule has 43 heavy (non-hydrogen) atoms. The Labute approximate surface area is 250 Å². The average Bonchev–Trinajstić information content (AvgIpc) is 3.56.